The molecule has 1 aromatic rings. The van der Waals surface area contributed by atoms with Crippen molar-refractivity contribution in [3.8, 4) is 0 Å². The molecule has 2 aliphatic heterocycles. The molecule has 2 aliphatic carbocycles. The Morgan fingerprint density at radius 1 is 0.848 bits per heavy atom. The van der Waals surface area contributed by atoms with Crippen LogP contribution in [-0.4, -0.2) is 97.5 Å². The first-order valence-electron chi connectivity index (χ1n) is 13.1. The second-order valence-electron chi connectivity index (χ2n) is 10.3. The number of rotatable bonds is 6. The standard InChI is InChI=1S/C26H39N5O2/c32-25(31-17-15-29(16-18-31)23-8-4-9-23)20-28-11-13-30(14-12-28)24-10-3-5-21(19-24)26(33)27-22-6-1-2-7-22/h3,5,10,19,22-23H,1-2,4,6-9,11-18,20H2,(H,27,33). The maximum absolute atomic E-state index is 12.8. The zero-order valence-corrected chi connectivity index (χ0v) is 19.9. The lowest BCUT2D eigenvalue weighted by molar-refractivity contribution is -0.134. The zero-order chi connectivity index (χ0) is 22.6. The van der Waals surface area contributed by atoms with Crippen LogP contribution in [0, 0.1) is 0 Å². The minimum absolute atomic E-state index is 0.0467. The third-order valence-electron chi connectivity index (χ3n) is 8.15. The van der Waals surface area contributed by atoms with Crippen LogP contribution in [0.15, 0.2) is 24.3 Å². The van der Waals surface area contributed by atoms with Gasteiger partial charge in [-0.3, -0.25) is 19.4 Å². The van der Waals surface area contributed by atoms with Crippen LogP contribution < -0.4 is 10.2 Å². The monoisotopic (exact) mass is 453 g/mol. The number of hydrogen-bond acceptors (Lipinski definition) is 5. The molecular weight excluding hydrogens is 414 g/mol. The number of carbonyl (C=O) groups excluding carboxylic acids is 2. The van der Waals surface area contributed by atoms with Gasteiger partial charge in [0, 0.05) is 75.7 Å². The van der Waals surface area contributed by atoms with Gasteiger partial charge in [0.2, 0.25) is 5.91 Å². The maximum Gasteiger partial charge on any atom is 0.251 e. The maximum atomic E-state index is 12.8. The molecule has 2 heterocycles. The number of carbonyl (C=O) groups is 2. The number of anilines is 1. The van der Waals surface area contributed by atoms with E-state index in [9.17, 15) is 9.59 Å². The Bertz CT molecular complexity index is 820. The normalized spacial score (nSPS) is 23.5. The summed E-state index contributed by atoms with van der Waals surface area (Å²) < 4.78 is 0. The summed E-state index contributed by atoms with van der Waals surface area (Å²) in [5, 5.41) is 3.19. The molecule has 4 fully saturated rings. The molecule has 2 saturated heterocycles. The van der Waals surface area contributed by atoms with E-state index >= 15 is 0 Å². The minimum atomic E-state index is 0.0467. The Balaban J connectivity index is 1.07. The fourth-order valence-electron chi connectivity index (χ4n) is 5.73. The van der Waals surface area contributed by atoms with Gasteiger partial charge in [0.15, 0.2) is 0 Å². The van der Waals surface area contributed by atoms with Gasteiger partial charge >= 0.3 is 0 Å². The van der Waals surface area contributed by atoms with Gasteiger partial charge in [0.1, 0.15) is 0 Å². The van der Waals surface area contributed by atoms with Crippen LogP contribution in [0.25, 0.3) is 0 Å². The van der Waals surface area contributed by atoms with E-state index in [1.54, 1.807) is 0 Å². The molecule has 0 aromatic heterocycles. The van der Waals surface area contributed by atoms with E-state index in [1.165, 1.54) is 32.1 Å². The second-order valence-corrected chi connectivity index (χ2v) is 10.3. The Labute approximate surface area is 198 Å². The summed E-state index contributed by atoms with van der Waals surface area (Å²) in [4.78, 5) is 34.8. The van der Waals surface area contributed by atoms with E-state index in [0.29, 0.717) is 12.6 Å². The van der Waals surface area contributed by atoms with Gasteiger partial charge in [0.05, 0.1) is 6.54 Å². The van der Waals surface area contributed by atoms with E-state index in [-0.39, 0.29) is 11.8 Å². The molecule has 180 valence electrons. The molecular formula is C26H39N5O2. The van der Waals surface area contributed by atoms with Gasteiger partial charge in [-0.2, -0.15) is 0 Å². The van der Waals surface area contributed by atoms with E-state index < -0.39 is 0 Å². The predicted molar refractivity (Wildman–Crippen MR) is 131 cm³/mol. The molecule has 1 N–H and O–H groups in total. The number of piperazine rings is 2. The highest BCUT2D eigenvalue weighted by Gasteiger charge is 2.30. The topological polar surface area (TPSA) is 59.1 Å². The molecule has 1 aromatic carbocycles. The van der Waals surface area contributed by atoms with Crippen molar-refractivity contribution in [3.05, 3.63) is 29.8 Å². The molecule has 7 nitrogen and oxygen atoms in total. The van der Waals surface area contributed by atoms with Crippen molar-refractivity contribution in [3.63, 3.8) is 0 Å². The minimum Gasteiger partial charge on any atom is -0.369 e. The lowest BCUT2D eigenvalue weighted by atomic mass is 9.91. The zero-order valence-electron chi connectivity index (χ0n) is 19.9. The van der Waals surface area contributed by atoms with E-state index in [2.05, 4.69) is 31.0 Å². The highest BCUT2D eigenvalue weighted by atomic mass is 16.2. The summed E-state index contributed by atoms with van der Waals surface area (Å²) in [6.45, 7) is 7.90. The molecule has 0 radical (unpaired) electrons. The Morgan fingerprint density at radius 2 is 1.58 bits per heavy atom. The first-order valence-corrected chi connectivity index (χ1v) is 13.1. The predicted octanol–water partition coefficient (Wildman–Crippen LogP) is 2.18. The van der Waals surface area contributed by atoms with Gasteiger partial charge in [-0.25, -0.2) is 0 Å². The summed E-state index contributed by atoms with van der Waals surface area (Å²) in [6, 6.07) is 9.12. The van der Waals surface area contributed by atoms with Crippen LogP contribution in [0.4, 0.5) is 5.69 Å². The molecule has 0 atom stereocenters. The van der Waals surface area contributed by atoms with Crippen molar-refractivity contribution in [2.75, 3.05) is 63.8 Å². The van der Waals surface area contributed by atoms with Gasteiger partial charge in [-0.1, -0.05) is 25.3 Å². The van der Waals surface area contributed by atoms with Crippen molar-refractivity contribution >= 4 is 17.5 Å². The van der Waals surface area contributed by atoms with Gasteiger partial charge in [-0.15, -0.1) is 0 Å². The van der Waals surface area contributed by atoms with Gasteiger partial charge < -0.3 is 15.1 Å². The van der Waals surface area contributed by atoms with Crippen LogP contribution in [0.5, 0.6) is 0 Å². The fourth-order valence-corrected chi connectivity index (χ4v) is 5.73. The Hall–Kier alpha value is -2.12. The van der Waals surface area contributed by atoms with Crippen molar-refractivity contribution in [2.45, 2.75) is 57.0 Å². The summed E-state index contributed by atoms with van der Waals surface area (Å²) in [5.41, 5.74) is 1.85. The summed E-state index contributed by atoms with van der Waals surface area (Å²) >= 11 is 0. The van der Waals surface area contributed by atoms with Crippen LogP contribution in [0.3, 0.4) is 0 Å². The lowest BCUT2D eigenvalue weighted by Crippen LogP contribution is -2.56. The average Bonchev–Trinajstić information content (AvgIpc) is 3.32. The molecule has 2 amide bonds. The molecule has 33 heavy (non-hydrogen) atoms. The fraction of sp³-hybridized carbons (Fsp3) is 0.692. The van der Waals surface area contributed by atoms with Gasteiger partial charge in [0.25, 0.3) is 5.91 Å². The Kier molecular flexibility index (Phi) is 7.16. The number of nitrogens with one attached hydrogen (secondary N) is 1. The molecule has 4 aliphatic rings. The highest BCUT2D eigenvalue weighted by molar-refractivity contribution is 5.95. The van der Waals surface area contributed by atoms with Crippen LogP contribution in [0.2, 0.25) is 0 Å². The lowest BCUT2D eigenvalue weighted by Gasteiger charge is -2.43. The van der Waals surface area contributed by atoms with Crippen molar-refractivity contribution in [1.29, 1.82) is 0 Å². The van der Waals surface area contributed by atoms with Crippen LogP contribution in [0.1, 0.15) is 55.3 Å². The quantitative estimate of drug-likeness (QED) is 0.716. The van der Waals surface area contributed by atoms with E-state index in [0.717, 1.165) is 82.5 Å². The van der Waals surface area contributed by atoms with E-state index in [4.69, 9.17) is 0 Å². The summed E-state index contributed by atoms with van der Waals surface area (Å²) in [7, 11) is 0. The first-order chi connectivity index (χ1) is 16.2. The molecule has 2 saturated carbocycles. The van der Waals surface area contributed by atoms with E-state index in [1.807, 2.05) is 18.2 Å². The van der Waals surface area contributed by atoms with Crippen LogP contribution in [-0.2, 0) is 4.79 Å². The number of hydrogen-bond donors (Lipinski definition) is 1. The van der Waals surface area contributed by atoms with Crippen molar-refractivity contribution in [2.24, 2.45) is 0 Å². The Morgan fingerprint density at radius 3 is 2.24 bits per heavy atom. The summed E-state index contributed by atoms with van der Waals surface area (Å²) in [6.07, 6.45) is 8.68. The SMILES string of the molecule is O=C(NC1CCCC1)c1cccc(N2CCN(CC(=O)N3CCN(C4CCC4)CC3)CC2)c1. The average molecular weight is 454 g/mol. The van der Waals surface area contributed by atoms with Crippen LogP contribution >= 0.6 is 0 Å². The molecule has 0 spiro atoms. The molecule has 7 heteroatoms. The highest BCUT2D eigenvalue weighted by Crippen LogP contribution is 2.25. The number of amides is 2. The second kappa shape index (κ2) is 10.4. The number of benzene rings is 1. The third-order valence-corrected chi connectivity index (χ3v) is 8.15. The molecule has 5 rings (SSSR count). The third kappa shape index (κ3) is 5.52. The first kappa shape index (κ1) is 22.7. The summed E-state index contributed by atoms with van der Waals surface area (Å²) in [5.74, 6) is 0.327. The smallest absolute Gasteiger partial charge is 0.251 e. The largest absolute Gasteiger partial charge is 0.369 e. The number of nitrogens with zero attached hydrogens (tertiary/aromatic N) is 4. The molecule has 0 unspecified atom stereocenters. The molecule has 0 bridgehead atoms. The van der Waals surface area contributed by atoms with Crippen molar-refractivity contribution in [1.82, 2.24) is 20.0 Å². The van der Waals surface area contributed by atoms with Crippen molar-refractivity contribution < 1.29 is 9.59 Å². The van der Waals surface area contributed by atoms with Gasteiger partial charge in [-0.05, 0) is 43.9 Å².